The van der Waals surface area contributed by atoms with Crippen LogP contribution in [0.2, 0.25) is 5.02 Å². The Bertz CT molecular complexity index is 930. The molecule has 3 rings (SSSR count). The molecular formula is C17H15ClN5O2-. The third-order valence-corrected chi connectivity index (χ3v) is 3.81. The Labute approximate surface area is 149 Å². The summed E-state index contributed by atoms with van der Waals surface area (Å²) >= 11 is 5.91. The van der Waals surface area contributed by atoms with Crippen molar-refractivity contribution in [2.75, 3.05) is 16.8 Å². The minimum Gasteiger partial charge on any atom is -0.530 e. The monoisotopic (exact) mass is 356 g/mol. The minimum atomic E-state index is -1.33. The van der Waals surface area contributed by atoms with Crippen molar-refractivity contribution in [3.63, 3.8) is 0 Å². The Morgan fingerprint density at radius 1 is 1.28 bits per heavy atom. The lowest BCUT2D eigenvalue weighted by Crippen LogP contribution is -2.41. The molecule has 1 N–H and O–H groups in total. The number of carbonyl (C=O) groups excluding carboxylic acids is 1. The molecule has 3 aromatic rings. The predicted molar refractivity (Wildman–Crippen MR) is 95.2 cm³/mol. The van der Waals surface area contributed by atoms with E-state index in [2.05, 4.69) is 20.3 Å². The number of hydrogen-bond donors (Lipinski definition) is 1. The van der Waals surface area contributed by atoms with Crippen LogP contribution in [-0.4, -0.2) is 27.6 Å². The van der Waals surface area contributed by atoms with Gasteiger partial charge in [0.25, 0.3) is 0 Å². The second kappa shape index (κ2) is 6.90. The van der Waals surface area contributed by atoms with E-state index in [1.54, 1.807) is 38.2 Å². The molecule has 8 heteroatoms. The first-order chi connectivity index (χ1) is 12.0. The molecule has 0 aliphatic carbocycles. The first-order valence-corrected chi connectivity index (χ1v) is 8.01. The van der Waals surface area contributed by atoms with E-state index in [0.29, 0.717) is 27.6 Å². The van der Waals surface area contributed by atoms with E-state index in [-0.39, 0.29) is 12.4 Å². The van der Waals surface area contributed by atoms with Gasteiger partial charge in [0.1, 0.15) is 17.4 Å². The summed E-state index contributed by atoms with van der Waals surface area (Å²) in [6.07, 6.45) is 0.306. The fourth-order valence-electron chi connectivity index (χ4n) is 2.38. The zero-order chi connectivity index (χ0) is 18.0. The first-order valence-electron chi connectivity index (χ1n) is 7.63. The topological polar surface area (TPSA) is 94.1 Å². The van der Waals surface area contributed by atoms with Crippen molar-refractivity contribution in [3.05, 3.63) is 47.2 Å². The quantitative estimate of drug-likeness (QED) is 0.772. The molecular weight excluding hydrogens is 342 g/mol. The average Bonchev–Trinajstić information content (AvgIpc) is 2.57. The lowest BCUT2D eigenvalue weighted by molar-refractivity contribution is -0.246. The second-order valence-electron chi connectivity index (χ2n) is 5.35. The maximum atomic E-state index is 11.3. The Morgan fingerprint density at radius 3 is 2.64 bits per heavy atom. The standard InChI is InChI=1S/C17H16ClN5O2/c1-3-23(17(24)25)14-8-13(21-12-6-4-11(18)5-7-12)15-16(22-14)20-10(2)9-19-15/h4-9H,3H2,1-2H3,(H,24,25)(H,20,21,22)/p-1. The number of aromatic nitrogens is 3. The van der Waals surface area contributed by atoms with Crippen molar-refractivity contribution in [1.82, 2.24) is 15.0 Å². The summed E-state index contributed by atoms with van der Waals surface area (Å²) in [4.78, 5) is 25.4. The maximum Gasteiger partial charge on any atom is 0.182 e. The van der Waals surface area contributed by atoms with Gasteiger partial charge in [0.2, 0.25) is 0 Å². The molecule has 2 aromatic heterocycles. The molecule has 0 radical (unpaired) electrons. The number of nitrogens with one attached hydrogen (secondary N) is 1. The molecule has 0 aliphatic rings. The number of benzene rings is 1. The van der Waals surface area contributed by atoms with Crippen molar-refractivity contribution in [1.29, 1.82) is 0 Å². The van der Waals surface area contributed by atoms with E-state index in [4.69, 9.17) is 11.6 Å². The van der Waals surface area contributed by atoms with Gasteiger partial charge in [-0.3, -0.25) is 0 Å². The normalized spacial score (nSPS) is 10.7. The van der Waals surface area contributed by atoms with Gasteiger partial charge in [0, 0.05) is 29.5 Å². The number of anilines is 3. The van der Waals surface area contributed by atoms with Gasteiger partial charge in [-0.1, -0.05) is 11.6 Å². The summed E-state index contributed by atoms with van der Waals surface area (Å²) in [6, 6.07) is 8.74. The van der Waals surface area contributed by atoms with Crippen LogP contribution in [0.15, 0.2) is 36.5 Å². The van der Waals surface area contributed by atoms with Gasteiger partial charge in [-0.2, -0.15) is 0 Å². The number of halogens is 1. The van der Waals surface area contributed by atoms with Gasteiger partial charge in [0.15, 0.2) is 5.65 Å². The number of amides is 1. The van der Waals surface area contributed by atoms with Crippen LogP contribution in [0.1, 0.15) is 12.6 Å². The van der Waals surface area contributed by atoms with Crippen molar-refractivity contribution in [3.8, 4) is 0 Å². The molecule has 0 unspecified atom stereocenters. The van der Waals surface area contributed by atoms with Gasteiger partial charge in [-0.05, 0) is 38.1 Å². The van der Waals surface area contributed by atoms with E-state index in [0.717, 1.165) is 10.6 Å². The highest BCUT2D eigenvalue weighted by Crippen LogP contribution is 2.28. The molecule has 25 heavy (non-hydrogen) atoms. The molecule has 7 nitrogen and oxygen atoms in total. The van der Waals surface area contributed by atoms with Crippen molar-refractivity contribution in [2.24, 2.45) is 0 Å². The highest BCUT2D eigenvalue weighted by atomic mass is 35.5. The van der Waals surface area contributed by atoms with Crippen LogP contribution in [0.3, 0.4) is 0 Å². The third kappa shape index (κ3) is 3.61. The summed E-state index contributed by atoms with van der Waals surface area (Å²) in [7, 11) is 0. The summed E-state index contributed by atoms with van der Waals surface area (Å²) < 4.78 is 0. The number of hydrogen-bond acceptors (Lipinski definition) is 6. The fourth-order valence-corrected chi connectivity index (χ4v) is 2.50. The Kier molecular flexibility index (Phi) is 4.67. The number of fused-ring (bicyclic) bond motifs is 1. The molecule has 0 spiro atoms. The van der Waals surface area contributed by atoms with E-state index in [9.17, 15) is 9.90 Å². The van der Waals surface area contributed by atoms with Crippen LogP contribution < -0.4 is 15.3 Å². The van der Waals surface area contributed by atoms with Gasteiger partial charge in [-0.15, -0.1) is 0 Å². The molecule has 1 amide bonds. The molecule has 0 saturated heterocycles. The Balaban J connectivity index is 2.14. The first kappa shape index (κ1) is 16.9. The second-order valence-corrected chi connectivity index (χ2v) is 5.79. The summed E-state index contributed by atoms with van der Waals surface area (Å²) in [5.74, 6) is 0.228. The third-order valence-electron chi connectivity index (χ3n) is 3.56. The summed E-state index contributed by atoms with van der Waals surface area (Å²) in [6.45, 7) is 3.71. The molecule has 128 valence electrons. The van der Waals surface area contributed by atoms with Gasteiger partial charge < -0.3 is 20.1 Å². The summed E-state index contributed by atoms with van der Waals surface area (Å²) in [5, 5.41) is 15.2. The number of carboxylic acid groups (broad SMARTS) is 1. The van der Waals surface area contributed by atoms with Crippen molar-refractivity contribution in [2.45, 2.75) is 13.8 Å². The van der Waals surface area contributed by atoms with Crippen LogP contribution in [0.4, 0.5) is 22.0 Å². The van der Waals surface area contributed by atoms with Crippen LogP contribution in [0.25, 0.3) is 11.2 Å². The molecule has 0 fully saturated rings. The molecule has 0 saturated carbocycles. The van der Waals surface area contributed by atoms with E-state index >= 15 is 0 Å². The highest BCUT2D eigenvalue weighted by Gasteiger charge is 2.14. The van der Waals surface area contributed by atoms with Gasteiger partial charge >= 0.3 is 0 Å². The van der Waals surface area contributed by atoms with Crippen LogP contribution in [0.5, 0.6) is 0 Å². The molecule has 1 aromatic carbocycles. The smallest absolute Gasteiger partial charge is 0.182 e. The molecule has 0 aliphatic heterocycles. The Hall–Kier alpha value is -2.93. The van der Waals surface area contributed by atoms with Gasteiger partial charge in [0.05, 0.1) is 11.4 Å². The van der Waals surface area contributed by atoms with Crippen LogP contribution >= 0.6 is 11.6 Å². The number of aryl methyl sites for hydroxylation is 1. The largest absolute Gasteiger partial charge is 0.530 e. The lowest BCUT2D eigenvalue weighted by atomic mass is 10.2. The fraction of sp³-hybridized carbons (Fsp3) is 0.176. The number of carbonyl (C=O) groups is 1. The zero-order valence-electron chi connectivity index (χ0n) is 13.7. The Morgan fingerprint density at radius 2 is 2.00 bits per heavy atom. The van der Waals surface area contributed by atoms with Crippen LogP contribution in [-0.2, 0) is 0 Å². The average molecular weight is 357 g/mol. The number of rotatable bonds is 4. The number of nitrogens with zero attached hydrogens (tertiary/aromatic N) is 4. The highest BCUT2D eigenvalue weighted by molar-refractivity contribution is 6.30. The lowest BCUT2D eigenvalue weighted by Gasteiger charge is -2.23. The summed E-state index contributed by atoms with van der Waals surface area (Å²) in [5.41, 5.74) is 2.95. The SMILES string of the molecule is CCN(C(=O)[O-])c1cc(Nc2ccc(Cl)cc2)c2ncc(C)nc2n1. The van der Waals surface area contributed by atoms with E-state index in [1.165, 1.54) is 0 Å². The van der Waals surface area contributed by atoms with Crippen molar-refractivity contribution >= 4 is 46.1 Å². The predicted octanol–water partition coefficient (Wildman–Crippen LogP) is 2.90. The molecule has 0 bridgehead atoms. The van der Waals surface area contributed by atoms with E-state index < -0.39 is 6.09 Å². The molecule has 2 heterocycles. The van der Waals surface area contributed by atoms with Crippen LogP contribution in [0, 0.1) is 6.92 Å². The van der Waals surface area contributed by atoms with Gasteiger partial charge in [-0.25, -0.2) is 15.0 Å². The number of pyridine rings is 1. The molecule has 0 atom stereocenters. The van der Waals surface area contributed by atoms with Crippen molar-refractivity contribution < 1.29 is 9.90 Å². The maximum absolute atomic E-state index is 11.3. The van der Waals surface area contributed by atoms with E-state index in [1.807, 2.05) is 12.1 Å². The zero-order valence-corrected chi connectivity index (χ0v) is 14.4. The minimum absolute atomic E-state index is 0.209.